The molecule has 276 valence electrons. The van der Waals surface area contributed by atoms with Crippen molar-refractivity contribution in [3.63, 3.8) is 0 Å². The predicted octanol–water partition coefficient (Wildman–Crippen LogP) is 14.3. The van der Waals surface area contributed by atoms with Crippen LogP contribution >= 0.6 is 22.7 Å². The molecule has 0 aliphatic rings. The lowest BCUT2D eigenvalue weighted by molar-refractivity contribution is 1.08. The van der Waals surface area contributed by atoms with Gasteiger partial charge < -0.3 is 4.57 Å². The third-order valence-electron chi connectivity index (χ3n) is 11.1. The molecular formula is C52H31N5S2. The second-order valence-electron chi connectivity index (χ2n) is 14.7. The maximum absolute atomic E-state index is 5.26. The van der Waals surface area contributed by atoms with Crippen LogP contribution in [0.4, 0.5) is 0 Å². The Balaban J connectivity index is 0.973. The quantitative estimate of drug-likeness (QED) is 0.168. The van der Waals surface area contributed by atoms with Crippen molar-refractivity contribution in [1.29, 1.82) is 0 Å². The first kappa shape index (κ1) is 33.8. The highest BCUT2D eigenvalue weighted by molar-refractivity contribution is 7.26. The van der Waals surface area contributed by atoms with Gasteiger partial charge in [-0.25, -0.2) is 19.9 Å². The average molecular weight is 790 g/mol. The highest BCUT2D eigenvalue weighted by Gasteiger charge is 2.19. The van der Waals surface area contributed by atoms with E-state index in [1.165, 1.54) is 36.7 Å². The second kappa shape index (κ2) is 13.7. The molecule has 0 spiro atoms. The van der Waals surface area contributed by atoms with Gasteiger partial charge in [0.25, 0.3) is 0 Å². The number of fused-ring (bicyclic) bond motifs is 7. The van der Waals surface area contributed by atoms with E-state index >= 15 is 0 Å². The number of nitrogens with zero attached hydrogens (tertiary/aromatic N) is 5. The molecule has 0 unspecified atom stereocenters. The van der Waals surface area contributed by atoms with Crippen LogP contribution in [0.1, 0.15) is 0 Å². The Labute approximate surface area is 347 Å². The SMILES string of the molecule is c1ccc(-c2nc(-c3ccc4c(c3)c3ccccc3n4-c3ccccc3)nc(-c3cccc4c3sc3ccc(-c5ccc(-c6nc7ccccc7s6)cc5)cc34)n2)cc1. The van der Waals surface area contributed by atoms with Gasteiger partial charge in [0.15, 0.2) is 17.5 Å². The van der Waals surface area contributed by atoms with E-state index in [9.17, 15) is 0 Å². The fraction of sp³-hybridized carbons (Fsp3) is 0. The fourth-order valence-corrected chi connectivity index (χ4v) is 10.4. The lowest BCUT2D eigenvalue weighted by atomic mass is 10.0. The number of benzene rings is 8. The molecule has 7 heteroatoms. The number of thiazole rings is 1. The summed E-state index contributed by atoms with van der Waals surface area (Å²) in [5.41, 5.74) is 10.8. The maximum Gasteiger partial charge on any atom is 0.165 e. The summed E-state index contributed by atoms with van der Waals surface area (Å²) >= 11 is 3.52. The summed E-state index contributed by atoms with van der Waals surface area (Å²) in [6.45, 7) is 0. The number of hydrogen-bond acceptors (Lipinski definition) is 6. The van der Waals surface area contributed by atoms with Gasteiger partial charge in [-0.05, 0) is 77.9 Å². The van der Waals surface area contributed by atoms with E-state index in [0.717, 1.165) is 59.6 Å². The molecule has 4 heterocycles. The molecule has 12 rings (SSSR count). The van der Waals surface area contributed by atoms with E-state index in [1.54, 1.807) is 22.7 Å². The van der Waals surface area contributed by atoms with Crippen molar-refractivity contribution in [1.82, 2.24) is 24.5 Å². The molecule has 0 aliphatic heterocycles. The summed E-state index contributed by atoms with van der Waals surface area (Å²) in [5.74, 6) is 1.94. The fourth-order valence-electron chi connectivity index (χ4n) is 8.26. The molecule has 0 saturated heterocycles. The first-order chi connectivity index (χ1) is 29.2. The minimum Gasteiger partial charge on any atom is -0.309 e. The van der Waals surface area contributed by atoms with Crippen LogP contribution in [0.3, 0.4) is 0 Å². The zero-order valence-corrected chi connectivity index (χ0v) is 33.1. The summed E-state index contributed by atoms with van der Waals surface area (Å²) in [6, 6.07) is 66.3. The molecule has 0 radical (unpaired) electrons. The van der Waals surface area contributed by atoms with Crippen LogP contribution in [-0.4, -0.2) is 24.5 Å². The Bertz CT molecular complexity index is 3520. The molecule has 4 aromatic heterocycles. The normalized spacial score (nSPS) is 11.7. The molecule has 0 N–H and O–H groups in total. The lowest BCUT2D eigenvalue weighted by Gasteiger charge is -2.10. The standard InChI is InChI=1S/C52H31N5S2/c1-3-12-33(13-4-1)49-54-50(36-26-28-45-41(31-36)38-16-7-9-20-44(38)57(45)37-14-5-2-6-15-37)56-51(55-49)40-18-11-17-39-42-30-35(27-29-46(42)58-48(39)40)32-22-24-34(25-23-32)52-53-43-19-8-10-21-47(43)59-52/h1-31H. The molecule has 0 amide bonds. The first-order valence-electron chi connectivity index (χ1n) is 19.5. The molecule has 0 fully saturated rings. The van der Waals surface area contributed by atoms with Crippen LogP contribution in [0.25, 0.3) is 114 Å². The van der Waals surface area contributed by atoms with Gasteiger partial charge in [-0.2, -0.15) is 0 Å². The van der Waals surface area contributed by atoms with E-state index in [1.807, 2.05) is 24.3 Å². The third-order valence-corrected chi connectivity index (χ3v) is 13.4. The highest BCUT2D eigenvalue weighted by atomic mass is 32.1. The third kappa shape index (κ3) is 5.74. The summed E-state index contributed by atoms with van der Waals surface area (Å²) in [4.78, 5) is 20.4. The van der Waals surface area contributed by atoms with Crippen LogP contribution in [0.5, 0.6) is 0 Å². The van der Waals surface area contributed by atoms with Crippen molar-refractivity contribution in [2.45, 2.75) is 0 Å². The van der Waals surface area contributed by atoms with Gasteiger partial charge in [-0.15, -0.1) is 22.7 Å². The van der Waals surface area contributed by atoms with Crippen LogP contribution in [0, 0.1) is 0 Å². The molecule has 12 aromatic rings. The molecule has 0 atom stereocenters. The van der Waals surface area contributed by atoms with Gasteiger partial charge in [0, 0.05) is 58.9 Å². The lowest BCUT2D eigenvalue weighted by Crippen LogP contribution is -2.00. The molecule has 0 aliphatic carbocycles. The van der Waals surface area contributed by atoms with Gasteiger partial charge in [0.05, 0.1) is 21.3 Å². The minimum absolute atomic E-state index is 0.641. The topological polar surface area (TPSA) is 56.5 Å². The van der Waals surface area contributed by atoms with Crippen molar-refractivity contribution in [2.75, 3.05) is 0 Å². The molecule has 8 aromatic carbocycles. The van der Waals surface area contributed by atoms with Gasteiger partial charge in [-0.1, -0.05) is 121 Å². The smallest absolute Gasteiger partial charge is 0.165 e. The molecular weight excluding hydrogens is 759 g/mol. The average Bonchev–Trinajstić information content (AvgIpc) is 4.01. The van der Waals surface area contributed by atoms with Crippen LogP contribution in [0.2, 0.25) is 0 Å². The van der Waals surface area contributed by atoms with Gasteiger partial charge in [0.2, 0.25) is 0 Å². The number of hydrogen-bond donors (Lipinski definition) is 0. The molecule has 59 heavy (non-hydrogen) atoms. The Morgan fingerprint density at radius 2 is 1.00 bits per heavy atom. The zero-order chi connectivity index (χ0) is 38.9. The highest BCUT2D eigenvalue weighted by Crippen LogP contribution is 2.42. The second-order valence-corrected chi connectivity index (χ2v) is 16.7. The number of aromatic nitrogens is 5. The predicted molar refractivity (Wildman–Crippen MR) is 247 cm³/mol. The van der Waals surface area contributed by atoms with Gasteiger partial charge in [-0.3, -0.25) is 0 Å². The van der Waals surface area contributed by atoms with E-state index in [2.05, 4.69) is 168 Å². The maximum atomic E-state index is 5.26. The van der Waals surface area contributed by atoms with Crippen LogP contribution in [-0.2, 0) is 0 Å². The van der Waals surface area contributed by atoms with Crippen LogP contribution in [0.15, 0.2) is 188 Å². The van der Waals surface area contributed by atoms with Crippen LogP contribution < -0.4 is 0 Å². The van der Waals surface area contributed by atoms with Gasteiger partial charge in [0.1, 0.15) is 5.01 Å². The van der Waals surface area contributed by atoms with Crippen molar-refractivity contribution in [2.24, 2.45) is 0 Å². The number of thiophene rings is 1. The summed E-state index contributed by atoms with van der Waals surface area (Å²) in [5, 5.41) is 5.78. The summed E-state index contributed by atoms with van der Waals surface area (Å²) in [6.07, 6.45) is 0. The van der Waals surface area contributed by atoms with Crippen molar-refractivity contribution in [3.05, 3.63) is 188 Å². The Morgan fingerprint density at radius 1 is 0.356 bits per heavy atom. The van der Waals surface area contributed by atoms with Crippen molar-refractivity contribution in [3.8, 4) is 61.5 Å². The van der Waals surface area contributed by atoms with E-state index in [0.29, 0.717) is 17.5 Å². The first-order valence-corrected chi connectivity index (χ1v) is 21.2. The summed E-state index contributed by atoms with van der Waals surface area (Å²) in [7, 11) is 0. The van der Waals surface area contributed by atoms with E-state index < -0.39 is 0 Å². The number of rotatable bonds is 6. The largest absolute Gasteiger partial charge is 0.309 e. The molecule has 0 bridgehead atoms. The Kier molecular flexibility index (Phi) is 7.82. The summed E-state index contributed by atoms with van der Waals surface area (Å²) < 4.78 is 5.91. The Morgan fingerprint density at radius 3 is 1.85 bits per heavy atom. The monoisotopic (exact) mass is 789 g/mol. The van der Waals surface area contributed by atoms with E-state index in [4.69, 9.17) is 19.9 Å². The van der Waals surface area contributed by atoms with Crippen molar-refractivity contribution >= 4 is 74.9 Å². The van der Waals surface area contributed by atoms with E-state index in [-0.39, 0.29) is 0 Å². The number of para-hydroxylation sites is 3. The van der Waals surface area contributed by atoms with Gasteiger partial charge >= 0.3 is 0 Å². The Hall–Kier alpha value is -7.32. The minimum atomic E-state index is 0.641. The molecule has 0 saturated carbocycles. The zero-order valence-electron chi connectivity index (χ0n) is 31.5. The van der Waals surface area contributed by atoms with Crippen molar-refractivity contribution < 1.29 is 0 Å². The molecule has 5 nitrogen and oxygen atoms in total.